The number of aromatic nitrogens is 2. The van der Waals surface area contributed by atoms with Crippen LogP contribution in [-0.4, -0.2) is 15.6 Å². The van der Waals surface area contributed by atoms with Crippen molar-refractivity contribution in [1.29, 1.82) is 0 Å². The molecular weight excluding hydrogens is 351 g/mol. The van der Waals surface area contributed by atoms with Crippen LogP contribution in [0.15, 0.2) is 30.3 Å². The molecule has 4 N–H and O–H groups in total. The van der Waals surface area contributed by atoms with Gasteiger partial charge in [-0.1, -0.05) is 17.7 Å². The predicted molar refractivity (Wildman–Crippen MR) is 103 cm³/mol. The number of benzene rings is 2. The lowest BCUT2D eigenvalue weighted by atomic mass is 9.73. The van der Waals surface area contributed by atoms with Crippen molar-refractivity contribution in [1.82, 2.24) is 9.55 Å². The van der Waals surface area contributed by atoms with Gasteiger partial charge >= 0.3 is 0 Å². The van der Waals surface area contributed by atoms with Crippen molar-refractivity contribution in [3.8, 4) is 0 Å². The van der Waals surface area contributed by atoms with Crippen LogP contribution in [0.1, 0.15) is 35.4 Å². The van der Waals surface area contributed by atoms with Gasteiger partial charge in [0.1, 0.15) is 11.6 Å². The van der Waals surface area contributed by atoms with E-state index in [0.717, 1.165) is 22.4 Å². The lowest BCUT2D eigenvalue weighted by Gasteiger charge is -2.42. The van der Waals surface area contributed by atoms with Crippen molar-refractivity contribution in [2.24, 2.45) is 11.5 Å². The largest absolute Gasteiger partial charge is 0.328 e. The van der Waals surface area contributed by atoms with E-state index in [0.29, 0.717) is 19.4 Å². The quantitative estimate of drug-likeness (QED) is 0.735. The number of imidazole rings is 1. The van der Waals surface area contributed by atoms with Gasteiger partial charge in [0.25, 0.3) is 0 Å². The Morgan fingerprint density at radius 3 is 2.58 bits per heavy atom. The Balaban J connectivity index is 1.87. The zero-order chi connectivity index (χ0) is 18.6. The van der Waals surface area contributed by atoms with Crippen molar-refractivity contribution in [2.45, 2.75) is 44.8 Å². The maximum absolute atomic E-state index is 13.5. The molecule has 2 aromatic carbocycles. The highest BCUT2D eigenvalue weighted by atomic mass is 35.5. The minimum absolute atomic E-state index is 0.108. The third-order valence-corrected chi connectivity index (χ3v) is 5.68. The van der Waals surface area contributed by atoms with E-state index < -0.39 is 11.4 Å². The molecule has 0 spiro atoms. The Morgan fingerprint density at radius 2 is 1.92 bits per heavy atom. The minimum atomic E-state index is -0.524. The maximum Gasteiger partial charge on any atom is 0.141 e. The molecule has 6 heteroatoms. The Bertz CT molecular complexity index is 1000. The molecule has 0 saturated heterocycles. The molecule has 1 fully saturated rings. The summed E-state index contributed by atoms with van der Waals surface area (Å²) >= 11 is 5.96. The van der Waals surface area contributed by atoms with Crippen LogP contribution >= 0.6 is 11.6 Å². The number of aryl methyl sites for hydroxylation is 2. The van der Waals surface area contributed by atoms with Crippen molar-refractivity contribution in [3.63, 3.8) is 0 Å². The van der Waals surface area contributed by atoms with E-state index in [1.807, 2.05) is 0 Å². The van der Waals surface area contributed by atoms with Crippen molar-refractivity contribution < 1.29 is 4.39 Å². The SMILES string of the molecule is Cc1cc2nc(C3(N)CC(N)C3)n(Cc3ccc(F)c(Cl)c3)c2cc1C. The fourth-order valence-electron chi connectivity index (χ4n) is 3.80. The summed E-state index contributed by atoms with van der Waals surface area (Å²) in [6.07, 6.45) is 1.41. The van der Waals surface area contributed by atoms with E-state index in [9.17, 15) is 4.39 Å². The van der Waals surface area contributed by atoms with Gasteiger partial charge in [-0.25, -0.2) is 9.37 Å². The normalized spacial score (nSPS) is 22.6. The summed E-state index contributed by atoms with van der Waals surface area (Å²) < 4.78 is 15.6. The smallest absolute Gasteiger partial charge is 0.141 e. The molecule has 1 aliphatic carbocycles. The number of nitrogens with two attached hydrogens (primary N) is 2. The van der Waals surface area contributed by atoms with Crippen LogP contribution in [0.2, 0.25) is 5.02 Å². The second-order valence-electron chi connectivity index (χ2n) is 7.52. The summed E-state index contributed by atoms with van der Waals surface area (Å²) in [4.78, 5) is 4.85. The third-order valence-electron chi connectivity index (χ3n) is 5.39. The van der Waals surface area contributed by atoms with Gasteiger partial charge < -0.3 is 16.0 Å². The molecular formula is C20H22ClFN4. The monoisotopic (exact) mass is 372 g/mol. The molecule has 0 bridgehead atoms. The minimum Gasteiger partial charge on any atom is -0.328 e. The van der Waals surface area contributed by atoms with Crippen molar-refractivity contribution >= 4 is 22.6 Å². The van der Waals surface area contributed by atoms with Crippen LogP contribution in [0.4, 0.5) is 4.39 Å². The predicted octanol–water partition coefficient (Wildman–Crippen LogP) is 3.77. The summed E-state index contributed by atoms with van der Waals surface area (Å²) in [7, 11) is 0. The van der Waals surface area contributed by atoms with Crippen LogP contribution in [0, 0.1) is 19.7 Å². The lowest BCUT2D eigenvalue weighted by Crippen LogP contribution is -2.56. The van der Waals surface area contributed by atoms with Crippen LogP contribution in [0.25, 0.3) is 11.0 Å². The zero-order valence-electron chi connectivity index (χ0n) is 14.9. The van der Waals surface area contributed by atoms with Gasteiger partial charge in [0.05, 0.1) is 21.6 Å². The van der Waals surface area contributed by atoms with Gasteiger partial charge in [-0.15, -0.1) is 0 Å². The summed E-state index contributed by atoms with van der Waals surface area (Å²) in [6.45, 7) is 4.69. The van der Waals surface area contributed by atoms with Gasteiger partial charge in [-0.05, 0) is 67.6 Å². The standard InChI is InChI=1S/C20H22ClFN4/c1-11-5-17-18(6-12(11)2)26(10-13-3-4-16(22)15(21)7-13)19(25-17)20(24)8-14(23)9-20/h3-7,14H,8-10,23-24H2,1-2H3. The third kappa shape index (κ3) is 2.80. The zero-order valence-corrected chi connectivity index (χ0v) is 15.6. The Labute approximate surface area is 157 Å². The topological polar surface area (TPSA) is 69.9 Å². The lowest BCUT2D eigenvalue weighted by molar-refractivity contribution is 0.194. The summed E-state index contributed by atoms with van der Waals surface area (Å²) in [5.41, 5.74) is 17.3. The van der Waals surface area contributed by atoms with E-state index >= 15 is 0 Å². The number of fused-ring (bicyclic) bond motifs is 1. The maximum atomic E-state index is 13.5. The molecule has 0 atom stereocenters. The van der Waals surface area contributed by atoms with E-state index in [2.05, 4.69) is 30.5 Å². The second kappa shape index (κ2) is 6.05. The van der Waals surface area contributed by atoms with Gasteiger partial charge in [0.15, 0.2) is 0 Å². The van der Waals surface area contributed by atoms with Crippen molar-refractivity contribution in [3.05, 3.63) is 63.7 Å². The highest BCUT2D eigenvalue weighted by molar-refractivity contribution is 6.30. The average Bonchev–Trinajstić information content (AvgIpc) is 2.88. The summed E-state index contributed by atoms with van der Waals surface area (Å²) in [6, 6.07) is 9.12. The van der Waals surface area contributed by atoms with Crippen LogP contribution in [0.5, 0.6) is 0 Å². The van der Waals surface area contributed by atoms with E-state index in [1.165, 1.54) is 17.2 Å². The molecule has 0 aliphatic heterocycles. The molecule has 4 rings (SSSR count). The first-order chi connectivity index (χ1) is 12.3. The van der Waals surface area contributed by atoms with Crippen molar-refractivity contribution in [2.75, 3.05) is 0 Å². The van der Waals surface area contributed by atoms with Crippen LogP contribution in [0.3, 0.4) is 0 Å². The van der Waals surface area contributed by atoms with Gasteiger partial charge in [-0.2, -0.15) is 0 Å². The van der Waals surface area contributed by atoms with Crippen LogP contribution in [-0.2, 0) is 12.1 Å². The van der Waals surface area contributed by atoms with E-state index in [1.54, 1.807) is 12.1 Å². The molecule has 1 aliphatic rings. The molecule has 1 saturated carbocycles. The Hall–Kier alpha value is -1.95. The molecule has 1 aromatic heterocycles. The van der Waals surface area contributed by atoms with Crippen LogP contribution < -0.4 is 11.5 Å². The van der Waals surface area contributed by atoms with Gasteiger partial charge in [0, 0.05) is 12.6 Å². The van der Waals surface area contributed by atoms with E-state index in [-0.39, 0.29) is 11.1 Å². The molecule has 0 amide bonds. The second-order valence-corrected chi connectivity index (χ2v) is 7.93. The number of hydrogen-bond acceptors (Lipinski definition) is 3. The molecule has 1 heterocycles. The number of nitrogens with zero attached hydrogens (tertiary/aromatic N) is 2. The summed E-state index contributed by atoms with van der Waals surface area (Å²) in [5.74, 6) is 0.414. The molecule has 136 valence electrons. The highest BCUT2D eigenvalue weighted by Crippen LogP contribution is 2.39. The number of hydrogen-bond donors (Lipinski definition) is 2. The van der Waals surface area contributed by atoms with Gasteiger partial charge in [0.2, 0.25) is 0 Å². The molecule has 4 nitrogen and oxygen atoms in total. The first-order valence-electron chi connectivity index (χ1n) is 8.73. The molecule has 3 aromatic rings. The molecule has 0 unspecified atom stereocenters. The van der Waals surface area contributed by atoms with E-state index in [4.69, 9.17) is 28.1 Å². The fourth-order valence-corrected chi connectivity index (χ4v) is 4.00. The Morgan fingerprint density at radius 1 is 1.23 bits per heavy atom. The molecule has 0 radical (unpaired) electrons. The number of halogens is 2. The first kappa shape index (κ1) is 17.5. The summed E-state index contributed by atoms with van der Waals surface area (Å²) in [5, 5.41) is 0.119. The number of rotatable bonds is 3. The highest BCUT2D eigenvalue weighted by Gasteiger charge is 2.44. The van der Waals surface area contributed by atoms with Gasteiger partial charge in [-0.3, -0.25) is 0 Å². The first-order valence-corrected chi connectivity index (χ1v) is 9.11. The average molecular weight is 373 g/mol. The fraction of sp³-hybridized carbons (Fsp3) is 0.350. The molecule has 26 heavy (non-hydrogen) atoms. The Kier molecular flexibility index (Phi) is 4.06.